The third kappa shape index (κ3) is 4.67. The Bertz CT molecular complexity index is 255. The van der Waals surface area contributed by atoms with E-state index in [1.165, 1.54) is 0 Å². The minimum atomic E-state index is -1.15. The van der Waals surface area contributed by atoms with Crippen molar-refractivity contribution in [1.29, 1.82) is 0 Å². The molecule has 0 spiro atoms. The van der Waals surface area contributed by atoms with Crippen LogP contribution in [0.3, 0.4) is 0 Å². The number of hydrogen-bond donors (Lipinski definition) is 4. The predicted octanol–water partition coefficient (Wildman–Crippen LogP) is 1.51. The first-order chi connectivity index (χ1) is 8.11. The summed E-state index contributed by atoms with van der Waals surface area (Å²) < 4.78 is 0. The van der Waals surface area contributed by atoms with Crippen LogP contribution in [0.1, 0.15) is 34.1 Å². The molecule has 18 heavy (non-hydrogen) atoms. The standard InChI is InChI=1S/C12H26O4P2/c1-7(5-12(2,3)4)6-18-10(15)8(13)17-9(14)11(18)16/h7-11,13-17H,5-6H2,1-4H3. The second-order valence-corrected chi connectivity index (χ2v) is 10.4. The van der Waals surface area contributed by atoms with Crippen molar-refractivity contribution in [3.63, 3.8) is 0 Å². The Morgan fingerprint density at radius 1 is 1.06 bits per heavy atom. The van der Waals surface area contributed by atoms with E-state index in [0.717, 1.165) is 6.42 Å². The summed E-state index contributed by atoms with van der Waals surface area (Å²) in [5.41, 5.74) is 0.208. The average molecular weight is 296 g/mol. The van der Waals surface area contributed by atoms with E-state index in [-0.39, 0.29) is 14.0 Å². The van der Waals surface area contributed by atoms with Crippen LogP contribution in [-0.4, -0.2) is 50.0 Å². The first kappa shape index (κ1) is 16.8. The fourth-order valence-corrected chi connectivity index (χ4v) is 7.23. The van der Waals surface area contributed by atoms with Crippen LogP contribution in [0.4, 0.5) is 0 Å². The average Bonchev–Trinajstić information content (AvgIpc) is 2.19. The van der Waals surface area contributed by atoms with Crippen LogP contribution in [0.5, 0.6) is 0 Å². The van der Waals surface area contributed by atoms with Crippen molar-refractivity contribution < 1.29 is 20.4 Å². The molecule has 5 atom stereocenters. The van der Waals surface area contributed by atoms with Crippen molar-refractivity contribution in [1.82, 2.24) is 0 Å². The maximum atomic E-state index is 9.99. The number of aliphatic hydroxyl groups is 4. The van der Waals surface area contributed by atoms with Crippen molar-refractivity contribution in [2.24, 2.45) is 11.3 Å². The molecule has 0 bridgehead atoms. The number of aliphatic hydroxyl groups excluding tert-OH is 4. The van der Waals surface area contributed by atoms with E-state index in [9.17, 15) is 20.4 Å². The van der Waals surface area contributed by atoms with Gasteiger partial charge in [-0.25, -0.2) is 0 Å². The highest BCUT2D eigenvalue weighted by Gasteiger charge is 2.42. The molecule has 0 aromatic heterocycles. The molecule has 0 aromatic rings. The smallest absolute Gasteiger partial charge is 0.105 e. The van der Waals surface area contributed by atoms with Gasteiger partial charge in [-0.3, -0.25) is 0 Å². The molecule has 0 aliphatic carbocycles. The minimum absolute atomic E-state index is 0.190. The Morgan fingerprint density at radius 2 is 1.50 bits per heavy atom. The molecular formula is C12H26O4P2. The van der Waals surface area contributed by atoms with Gasteiger partial charge >= 0.3 is 0 Å². The first-order valence-corrected chi connectivity index (χ1v) is 9.18. The fourth-order valence-electron chi connectivity index (χ4n) is 2.55. The van der Waals surface area contributed by atoms with Gasteiger partial charge in [0.2, 0.25) is 0 Å². The maximum Gasteiger partial charge on any atom is 0.105 e. The van der Waals surface area contributed by atoms with Crippen LogP contribution in [0, 0.1) is 11.3 Å². The largest absolute Gasteiger partial charge is 0.386 e. The molecule has 1 rings (SSSR count). The van der Waals surface area contributed by atoms with Crippen molar-refractivity contribution in [2.45, 2.75) is 57.5 Å². The lowest BCUT2D eigenvalue weighted by Crippen LogP contribution is -2.38. The summed E-state index contributed by atoms with van der Waals surface area (Å²) in [5, 5.41) is 39.4. The highest BCUT2D eigenvalue weighted by Crippen LogP contribution is 2.57. The molecule has 1 fully saturated rings. The second-order valence-electron chi connectivity index (χ2n) is 6.45. The van der Waals surface area contributed by atoms with Crippen molar-refractivity contribution >= 4 is 16.5 Å². The van der Waals surface area contributed by atoms with Crippen molar-refractivity contribution in [3.05, 3.63) is 0 Å². The quantitative estimate of drug-likeness (QED) is 0.595. The highest BCUT2D eigenvalue weighted by molar-refractivity contribution is 7.61. The third-order valence-corrected chi connectivity index (χ3v) is 7.91. The van der Waals surface area contributed by atoms with E-state index < -0.39 is 31.3 Å². The number of rotatable bonds is 3. The Hall–Kier alpha value is 0.700. The molecule has 4 N–H and O–H groups in total. The van der Waals surface area contributed by atoms with Gasteiger partial charge in [0.1, 0.15) is 23.4 Å². The molecule has 108 valence electrons. The number of hydrogen-bond acceptors (Lipinski definition) is 4. The van der Waals surface area contributed by atoms with Crippen LogP contribution in [0.25, 0.3) is 0 Å². The van der Waals surface area contributed by atoms with Gasteiger partial charge in [-0.1, -0.05) is 36.3 Å². The summed E-state index contributed by atoms with van der Waals surface area (Å²) in [6, 6.07) is 0. The van der Waals surface area contributed by atoms with Crippen LogP contribution in [0.2, 0.25) is 0 Å². The van der Waals surface area contributed by atoms with Gasteiger partial charge in [0.15, 0.2) is 0 Å². The zero-order chi connectivity index (χ0) is 14.1. The Balaban J connectivity index is 2.62. The van der Waals surface area contributed by atoms with E-state index in [2.05, 4.69) is 27.7 Å². The normalized spacial score (nSPS) is 41.0. The van der Waals surface area contributed by atoms with Gasteiger partial charge in [-0.2, -0.15) is 0 Å². The van der Waals surface area contributed by atoms with Crippen LogP contribution in [-0.2, 0) is 0 Å². The zero-order valence-corrected chi connectivity index (χ0v) is 13.4. The Labute approximate surface area is 112 Å². The van der Waals surface area contributed by atoms with Crippen LogP contribution >= 0.6 is 16.5 Å². The Morgan fingerprint density at radius 3 is 1.89 bits per heavy atom. The highest BCUT2D eigenvalue weighted by atomic mass is 31.1. The van der Waals surface area contributed by atoms with E-state index in [1.807, 2.05) is 0 Å². The molecule has 0 amide bonds. The van der Waals surface area contributed by atoms with E-state index >= 15 is 0 Å². The van der Waals surface area contributed by atoms with E-state index in [4.69, 9.17) is 0 Å². The fraction of sp³-hybridized carbons (Fsp3) is 1.00. The zero-order valence-electron chi connectivity index (χ0n) is 11.5. The molecule has 5 unspecified atom stereocenters. The summed E-state index contributed by atoms with van der Waals surface area (Å²) in [6.07, 6.45) is 1.69. The van der Waals surface area contributed by atoms with Gasteiger partial charge in [-0.15, -0.1) is 0 Å². The van der Waals surface area contributed by atoms with Gasteiger partial charge < -0.3 is 20.4 Å². The molecule has 1 heterocycles. The van der Waals surface area contributed by atoms with Crippen molar-refractivity contribution in [2.75, 3.05) is 6.16 Å². The van der Waals surface area contributed by atoms with E-state index in [1.54, 1.807) is 0 Å². The minimum Gasteiger partial charge on any atom is -0.386 e. The van der Waals surface area contributed by atoms with Gasteiger partial charge in [0, 0.05) is 0 Å². The van der Waals surface area contributed by atoms with E-state index in [0.29, 0.717) is 12.1 Å². The molecule has 1 aliphatic rings. The summed E-state index contributed by atoms with van der Waals surface area (Å²) in [6.45, 7) is 8.59. The maximum absolute atomic E-state index is 9.99. The monoisotopic (exact) mass is 296 g/mol. The van der Waals surface area contributed by atoms with Crippen LogP contribution < -0.4 is 0 Å². The first-order valence-electron chi connectivity index (χ1n) is 6.36. The summed E-state index contributed by atoms with van der Waals surface area (Å²) >= 11 is 0. The summed E-state index contributed by atoms with van der Waals surface area (Å²) in [4.78, 5) is 0. The molecule has 1 saturated heterocycles. The lowest BCUT2D eigenvalue weighted by molar-refractivity contribution is 0.0812. The topological polar surface area (TPSA) is 80.9 Å². The second kappa shape index (κ2) is 6.43. The molecule has 6 heteroatoms. The van der Waals surface area contributed by atoms with Gasteiger partial charge in [0.05, 0.1) is 0 Å². The molecule has 1 aliphatic heterocycles. The molecule has 0 aromatic carbocycles. The lowest BCUT2D eigenvalue weighted by atomic mass is 9.86. The molecule has 0 saturated carbocycles. The molecule has 4 nitrogen and oxygen atoms in total. The molecule has 0 radical (unpaired) electrons. The van der Waals surface area contributed by atoms with Gasteiger partial charge in [0.25, 0.3) is 0 Å². The summed E-state index contributed by atoms with van der Waals surface area (Å²) in [7, 11) is -1.34. The van der Waals surface area contributed by atoms with Crippen molar-refractivity contribution in [3.8, 4) is 0 Å². The lowest BCUT2D eigenvalue weighted by Gasteiger charge is -2.40. The summed E-state index contributed by atoms with van der Waals surface area (Å²) in [5.74, 6) is -3.12. The SMILES string of the molecule is CC(CP1C(O)C(O)PC(O)C1O)CC(C)(C)C. The van der Waals surface area contributed by atoms with Gasteiger partial charge in [-0.05, 0) is 31.8 Å². The third-order valence-electron chi connectivity index (χ3n) is 3.07. The molecular weight excluding hydrogens is 270 g/mol. The Kier molecular flexibility index (Phi) is 5.99. The van der Waals surface area contributed by atoms with Crippen LogP contribution in [0.15, 0.2) is 0 Å². The predicted molar refractivity (Wildman–Crippen MR) is 77.4 cm³/mol.